The molecule has 0 atom stereocenters. The number of imidazole rings is 1. The van der Waals surface area contributed by atoms with Crippen LogP contribution in [0.4, 0.5) is 5.95 Å². The van der Waals surface area contributed by atoms with Crippen LogP contribution >= 0.6 is 0 Å². The topological polar surface area (TPSA) is 93.4 Å². The summed E-state index contributed by atoms with van der Waals surface area (Å²) in [6, 6.07) is 9.60. The molecule has 0 radical (unpaired) electrons. The lowest BCUT2D eigenvalue weighted by atomic mass is 10.3. The Morgan fingerprint density at radius 1 is 1.21 bits per heavy atom. The van der Waals surface area contributed by atoms with E-state index >= 15 is 0 Å². The standard InChI is InChI=1S/C16H15N7O/c24-15-13-10-19-23(12-4-2-1-3-5-12)14(13)20-16(21-15)18-7-9-22-8-6-17-11-22/h1-6,8,10-11H,7,9H2,(H2,18,20,21,24). The maximum absolute atomic E-state index is 12.2. The fourth-order valence-corrected chi connectivity index (χ4v) is 2.48. The molecule has 4 rings (SSSR count). The molecule has 0 spiro atoms. The van der Waals surface area contributed by atoms with Crippen LogP contribution in [-0.4, -0.2) is 35.8 Å². The first-order chi connectivity index (χ1) is 11.8. The predicted octanol–water partition coefficient (Wildman–Crippen LogP) is 1.42. The summed E-state index contributed by atoms with van der Waals surface area (Å²) in [5.74, 6) is 0.422. The number of hydrogen-bond acceptors (Lipinski definition) is 5. The van der Waals surface area contributed by atoms with Crippen LogP contribution in [0.3, 0.4) is 0 Å². The average Bonchev–Trinajstić information content (AvgIpc) is 3.25. The molecule has 0 aliphatic rings. The van der Waals surface area contributed by atoms with Gasteiger partial charge in [0.1, 0.15) is 5.39 Å². The van der Waals surface area contributed by atoms with Gasteiger partial charge in [0, 0.05) is 25.5 Å². The van der Waals surface area contributed by atoms with E-state index in [2.05, 4.69) is 25.4 Å². The van der Waals surface area contributed by atoms with Crippen molar-refractivity contribution < 1.29 is 0 Å². The number of nitrogens with one attached hydrogen (secondary N) is 2. The molecule has 0 unspecified atom stereocenters. The SMILES string of the molecule is O=c1[nH]c(NCCn2ccnc2)nc2c1cnn2-c1ccccc1. The third-order valence-corrected chi connectivity index (χ3v) is 3.66. The molecule has 1 aromatic carbocycles. The normalized spacial score (nSPS) is 11.0. The van der Waals surface area contributed by atoms with Gasteiger partial charge in [-0.1, -0.05) is 18.2 Å². The molecule has 4 aromatic rings. The van der Waals surface area contributed by atoms with Crippen LogP contribution in [0.2, 0.25) is 0 Å². The van der Waals surface area contributed by atoms with Gasteiger partial charge in [-0.3, -0.25) is 9.78 Å². The second kappa shape index (κ2) is 5.99. The van der Waals surface area contributed by atoms with Gasteiger partial charge >= 0.3 is 0 Å². The average molecular weight is 321 g/mol. The van der Waals surface area contributed by atoms with E-state index in [1.54, 1.807) is 17.2 Å². The van der Waals surface area contributed by atoms with Gasteiger partial charge in [0.25, 0.3) is 5.56 Å². The molecular formula is C16H15N7O. The van der Waals surface area contributed by atoms with Crippen LogP contribution in [0.1, 0.15) is 0 Å². The highest BCUT2D eigenvalue weighted by molar-refractivity contribution is 5.76. The Labute approximate surface area is 136 Å². The monoisotopic (exact) mass is 321 g/mol. The van der Waals surface area contributed by atoms with Gasteiger partial charge in [-0.25, -0.2) is 9.67 Å². The van der Waals surface area contributed by atoms with Crippen molar-refractivity contribution in [1.82, 2.24) is 29.3 Å². The van der Waals surface area contributed by atoms with E-state index in [4.69, 9.17) is 0 Å². The van der Waals surface area contributed by atoms with Crippen LogP contribution in [0, 0.1) is 0 Å². The summed E-state index contributed by atoms with van der Waals surface area (Å²) in [4.78, 5) is 23.5. The molecule has 8 nitrogen and oxygen atoms in total. The highest BCUT2D eigenvalue weighted by Crippen LogP contribution is 2.14. The molecule has 8 heteroatoms. The molecule has 0 fully saturated rings. The summed E-state index contributed by atoms with van der Waals surface area (Å²) in [7, 11) is 0. The Kier molecular flexibility index (Phi) is 3.54. The Morgan fingerprint density at radius 2 is 2.08 bits per heavy atom. The second-order valence-corrected chi connectivity index (χ2v) is 5.27. The summed E-state index contributed by atoms with van der Waals surface area (Å²) >= 11 is 0. The number of nitrogens with zero attached hydrogens (tertiary/aromatic N) is 5. The number of aromatic amines is 1. The first kappa shape index (κ1) is 14.2. The number of para-hydroxylation sites is 1. The number of hydrogen-bond donors (Lipinski definition) is 2. The Hall–Kier alpha value is -3.42. The first-order valence-electron chi connectivity index (χ1n) is 7.54. The largest absolute Gasteiger partial charge is 0.354 e. The van der Waals surface area contributed by atoms with Gasteiger partial charge in [0.15, 0.2) is 5.65 Å². The number of anilines is 1. The van der Waals surface area contributed by atoms with Crippen molar-refractivity contribution in [3.8, 4) is 5.69 Å². The molecule has 3 heterocycles. The zero-order valence-corrected chi connectivity index (χ0v) is 12.8. The summed E-state index contributed by atoms with van der Waals surface area (Å²) in [5.41, 5.74) is 1.16. The summed E-state index contributed by atoms with van der Waals surface area (Å²) < 4.78 is 3.60. The zero-order valence-electron chi connectivity index (χ0n) is 12.8. The fourth-order valence-electron chi connectivity index (χ4n) is 2.48. The van der Waals surface area contributed by atoms with Crippen LogP contribution in [0.5, 0.6) is 0 Å². The van der Waals surface area contributed by atoms with Crippen molar-refractivity contribution in [2.24, 2.45) is 0 Å². The van der Waals surface area contributed by atoms with Gasteiger partial charge in [0.2, 0.25) is 5.95 Å². The van der Waals surface area contributed by atoms with Crippen molar-refractivity contribution in [2.45, 2.75) is 6.54 Å². The number of fused-ring (bicyclic) bond motifs is 1. The lowest BCUT2D eigenvalue weighted by Gasteiger charge is -2.07. The van der Waals surface area contributed by atoms with Crippen molar-refractivity contribution in [1.29, 1.82) is 0 Å². The van der Waals surface area contributed by atoms with E-state index in [-0.39, 0.29) is 5.56 Å². The van der Waals surface area contributed by atoms with E-state index in [1.807, 2.05) is 41.1 Å². The molecule has 0 amide bonds. The van der Waals surface area contributed by atoms with Crippen molar-refractivity contribution in [3.05, 3.63) is 65.6 Å². The molecular weight excluding hydrogens is 306 g/mol. The molecule has 0 saturated carbocycles. The van der Waals surface area contributed by atoms with E-state index in [0.29, 0.717) is 23.5 Å². The van der Waals surface area contributed by atoms with Gasteiger partial charge < -0.3 is 9.88 Å². The molecule has 2 N–H and O–H groups in total. The van der Waals surface area contributed by atoms with Gasteiger partial charge in [-0.05, 0) is 12.1 Å². The first-order valence-corrected chi connectivity index (χ1v) is 7.54. The summed E-state index contributed by atoms with van der Waals surface area (Å²) in [6.45, 7) is 1.34. The third kappa shape index (κ3) is 2.65. The van der Waals surface area contributed by atoms with Gasteiger partial charge in [0.05, 0.1) is 18.2 Å². The summed E-state index contributed by atoms with van der Waals surface area (Å²) in [5, 5.41) is 7.87. The van der Waals surface area contributed by atoms with E-state index in [0.717, 1.165) is 12.2 Å². The summed E-state index contributed by atoms with van der Waals surface area (Å²) in [6.07, 6.45) is 6.88. The van der Waals surface area contributed by atoms with Crippen LogP contribution < -0.4 is 10.9 Å². The second-order valence-electron chi connectivity index (χ2n) is 5.27. The van der Waals surface area contributed by atoms with Crippen molar-refractivity contribution >= 4 is 17.0 Å². The number of rotatable bonds is 5. The molecule has 0 aliphatic heterocycles. The number of H-pyrrole nitrogens is 1. The van der Waals surface area contributed by atoms with Gasteiger partial charge in [-0.15, -0.1) is 0 Å². The minimum Gasteiger partial charge on any atom is -0.354 e. The van der Waals surface area contributed by atoms with Gasteiger partial charge in [-0.2, -0.15) is 10.1 Å². The predicted molar refractivity (Wildman–Crippen MR) is 90.2 cm³/mol. The van der Waals surface area contributed by atoms with E-state index < -0.39 is 0 Å². The Morgan fingerprint density at radius 3 is 2.88 bits per heavy atom. The minimum atomic E-state index is -0.215. The maximum Gasteiger partial charge on any atom is 0.263 e. The third-order valence-electron chi connectivity index (χ3n) is 3.66. The maximum atomic E-state index is 12.2. The highest BCUT2D eigenvalue weighted by Gasteiger charge is 2.11. The number of aromatic nitrogens is 6. The van der Waals surface area contributed by atoms with Crippen LogP contribution in [0.15, 0.2) is 60.0 Å². The Balaban J connectivity index is 1.64. The lowest BCUT2D eigenvalue weighted by Crippen LogP contribution is -2.16. The van der Waals surface area contributed by atoms with E-state index in [9.17, 15) is 4.79 Å². The highest BCUT2D eigenvalue weighted by atomic mass is 16.1. The molecule has 0 bridgehead atoms. The van der Waals surface area contributed by atoms with Crippen LogP contribution in [0.25, 0.3) is 16.7 Å². The minimum absolute atomic E-state index is 0.215. The number of benzene rings is 1. The molecule has 3 aromatic heterocycles. The molecule has 120 valence electrons. The molecule has 0 saturated heterocycles. The zero-order chi connectivity index (χ0) is 16.4. The fraction of sp³-hybridized carbons (Fsp3) is 0.125. The molecule has 24 heavy (non-hydrogen) atoms. The van der Waals surface area contributed by atoms with Crippen molar-refractivity contribution in [3.63, 3.8) is 0 Å². The van der Waals surface area contributed by atoms with Crippen LogP contribution in [-0.2, 0) is 6.54 Å². The smallest absolute Gasteiger partial charge is 0.263 e. The lowest BCUT2D eigenvalue weighted by molar-refractivity contribution is 0.723. The van der Waals surface area contributed by atoms with E-state index in [1.165, 1.54) is 6.20 Å². The quantitative estimate of drug-likeness (QED) is 0.580. The molecule has 0 aliphatic carbocycles. The van der Waals surface area contributed by atoms with Crippen molar-refractivity contribution in [2.75, 3.05) is 11.9 Å². The Bertz CT molecular complexity index is 1000.